The lowest BCUT2D eigenvalue weighted by atomic mass is 9.93. The van der Waals surface area contributed by atoms with E-state index in [1.807, 2.05) is 159 Å². The Hall–Kier alpha value is -10.8. The monoisotopic (exact) mass is 1490 g/mol. The minimum atomic E-state index is -2.03. The van der Waals surface area contributed by atoms with Crippen LogP contribution < -0.4 is 0 Å². The van der Waals surface area contributed by atoms with Crippen molar-refractivity contribution in [2.45, 2.75) is 129 Å². The largest absolute Gasteiger partial charge is 0.459 e. The van der Waals surface area contributed by atoms with E-state index in [1.54, 1.807) is 109 Å². The molecule has 14 rings (SSSR count). The van der Waals surface area contributed by atoms with Crippen molar-refractivity contribution in [3.63, 3.8) is 0 Å². The SMILES string of the molecule is C[C@@H]1O[C@@H](O[C@H]2[C@H](O[C@@H]3O[C@H](COC(=O)c4ccccc4)[C@H](OC(=O)c4ccccc4)[C@H](OC(=O)c4ccccc4)[C@H]3OC(=O)c3ccccc3)[C@@H](COCc3ccccc3)O[C@@H](Sc3ccccc3)[C@@H]2N2C(=O)c3ccccc3C2=O)[C@@H](OCc2ccccc2)[C@H](OCc2ccccc2)[C@@H]1OCc1ccccc1. The Balaban J connectivity index is 0.961. The van der Waals surface area contributed by atoms with Gasteiger partial charge in [0, 0.05) is 4.90 Å². The van der Waals surface area contributed by atoms with Crippen LogP contribution in [0.25, 0.3) is 0 Å². The number of fused-ring (bicyclic) bond motifs is 1. The second-order valence-corrected chi connectivity index (χ2v) is 27.6. The predicted molar refractivity (Wildman–Crippen MR) is 399 cm³/mol. The Morgan fingerprint density at radius 3 is 1.19 bits per heavy atom. The molecule has 10 aromatic rings. The van der Waals surface area contributed by atoms with Gasteiger partial charge in [0.05, 0.1) is 72.5 Å². The number of rotatable bonds is 29. The van der Waals surface area contributed by atoms with Crippen LogP contribution in [-0.2, 0) is 88.0 Å². The number of hydrogen-bond donors (Lipinski definition) is 0. The molecule has 0 saturated carbocycles. The van der Waals surface area contributed by atoms with Crippen molar-refractivity contribution in [3.05, 3.63) is 353 Å². The maximum atomic E-state index is 15.8. The fourth-order valence-corrected chi connectivity index (χ4v) is 14.8. The molecule has 21 heteroatoms. The molecular weight excluding hydrogens is 1410 g/mol. The Morgan fingerprint density at radius 2 is 0.716 bits per heavy atom. The van der Waals surface area contributed by atoms with Crippen LogP contribution in [0.1, 0.15) is 91.3 Å². The third-order valence-electron chi connectivity index (χ3n) is 19.0. The third-order valence-corrected chi connectivity index (χ3v) is 20.2. The Labute approximate surface area is 634 Å². The number of benzene rings is 10. The summed E-state index contributed by atoms with van der Waals surface area (Å²) in [6, 6.07) is 84.4. The molecule has 0 aliphatic carbocycles. The first-order chi connectivity index (χ1) is 53.5. The Bertz CT molecular complexity index is 4590. The van der Waals surface area contributed by atoms with Crippen molar-refractivity contribution in [2.24, 2.45) is 0 Å². The maximum absolute atomic E-state index is 15.8. The molecule has 2 amide bonds. The average Bonchev–Trinajstić information content (AvgIpc) is 1.70. The van der Waals surface area contributed by atoms with E-state index in [-0.39, 0.29) is 66.4 Å². The van der Waals surface area contributed by atoms with Crippen molar-refractivity contribution in [1.29, 1.82) is 0 Å². The smallest absolute Gasteiger partial charge is 0.338 e. The lowest BCUT2D eigenvalue weighted by molar-refractivity contribution is -0.366. The second-order valence-electron chi connectivity index (χ2n) is 26.4. The van der Waals surface area contributed by atoms with E-state index in [0.29, 0.717) is 4.90 Å². The second kappa shape index (κ2) is 36.4. The molecule has 10 aromatic carbocycles. The summed E-state index contributed by atoms with van der Waals surface area (Å²) in [6.07, 6.45) is -19.6. The Morgan fingerprint density at radius 1 is 0.349 bits per heavy atom. The molecule has 0 N–H and O–H groups in total. The summed E-state index contributed by atoms with van der Waals surface area (Å²) in [5.74, 6) is -5.09. The average molecular weight is 1490 g/mol. The van der Waals surface area contributed by atoms with Crippen LogP contribution in [-0.4, -0.2) is 145 Å². The summed E-state index contributed by atoms with van der Waals surface area (Å²) in [5.41, 5.74) is 2.48. The molecule has 4 aliphatic rings. The number of esters is 4. The number of hydrogen-bond acceptors (Lipinski definition) is 20. The number of carbonyl (C=O) groups excluding carboxylic acids is 6. The van der Waals surface area contributed by atoms with Gasteiger partial charge < -0.3 is 61.6 Å². The fraction of sp³-hybridized carbons (Fsp3) is 0.250. The van der Waals surface area contributed by atoms with Gasteiger partial charge in [-0.2, -0.15) is 0 Å². The van der Waals surface area contributed by atoms with Crippen molar-refractivity contribution in [3.8, 4) is 0 Å². The van der Waals surface area contributed by atoms with Crippen LogP contribution in [0.5, 0.6) is 0 Å². The lowest BCUT2D eigenvalue weighted by Gasteiger charge is -2.53. The molecule has 20 nitrogen and oxygen atoms in total. The molecule has 109 heavy (non-hydrogen) atoms. The molecule has 3 saturated heterocycles. The molecule has 556 valence electrons. The molecule has 0 aromatic heterocycles. The number of imide groups is 1. The summed E-state index contributed by atoms with van der Waals surface area (Å²) >= 11 is 1.20. The Kier molecular flexibility index (Phi) is 25.1. The first-order valence-electron chi connectivity index (χ1n) is 36.0. The van der Waals surface area contributed by atoms with E-state index in [4.69, 9.17) is 61.6 Å². The van der Waals surface area contributed by atoms with Crippen LogP contribution in [0.3, 0.4) is 0 Å². The first kappa shape index (κ1) is 75.0. The third kappa shape index (κ3) is 18.5. The van der Waals surface area contributed by atoms with Crippen LogP contribution in [0.2, 0.25) is 0 Å². The number of thioether (sulfide) groups is 1. The first-order valence-corrected chi connectivity index (χ1v) is 36.9. The van der Waals surface area contributed by atoms with Crippen LogP contribution in [0.15, 0.2) is 302 Å². The summed E-state index contributed by atoms with van der Waals surface area (Å²) < 4.78 is 91.4. The fourth-order valence-electron chi connectivity index (χ4n) is 13.6. The highest BCUT2D eigenvalue weighted by Crippen LogP contribution is 2.45. The van der Waals surface area contributed by atoms with Crippen molar-refractivity contribution in [2.75, 3.05) is 13.2 Å². The number of amides is 2. The van der Waals surface area contributed by atoms with E-state index in [9.17, 15) is 9.59 Å². The summed E-state index contributed by atoms with van der Waals surface area (Å²) in [7, 11) is 0. The molecule has 0 radical (unpaired) electrons. The number of ether oxygens (including phenoxy) is 13. The summed E-state index contributed by atoms with van der Waals surface area (Å²) in [4.78, 5) is 92.9. The number of carbonyl (C=O) groups is 6. The number of nitrogens with zero attached hydrogens (tertiary/aromatic N) is 1. The normalized spacial score (nSPS) is 24.4. The maximum Gasteiger partial charge on any atom is 0.338 e. The van der Waals surface area contributed by atoms with E-state index >= 15 is 19.2 Å². The van der Waals surface area contributed by atoms with Crippen LogP contribution >= 0.6 is 11.8 Å². The van der Waals surface area contributed by atoms with Gasteiger partial charge in [-0.05, 0) is 102 Å². The minimum absolute atomic E-state index is 0.0165. The highest BCUT2D eigenvalue weighted by molar-refractivity contribution is 7.99. The van der Waals surface area contributed by atoms with E-state index in [0.717, 1.165) is 27.2 Å². The predicted octanol–water partition coefficient (Wildman–Crippen LogP) is 13.9. The molecule has 15 atom stereocenters. The molecule has 0 spiro atoms. The standard InChI is InChI=1S/C88H79NO19S/c1-57-72(97-52-59-33-13-3-14-34-59)76(98-53-60-35-15-4-16-36-60)78(99-54-61-37-17-5-18-38-61)86(101-57)108-75-71(89-80(90)67-49-29-30-50-68(67)81(89)91)88(109-66-47-27-10-28-48-66)103-69(55-96-51-58-31-11-2-12-32-58)73(75)107-87-79(106-85(95)65-45-25-9-26-46-65)77(105-84(94)64-43-23-8-24-44-64)74(104-83(93)63-41-21-7-22-42-63)70(102-87)56-100-82(92)62-39-19-6-20-40-62/h2-50,57,69-79,86-88H,51-56H2,1H3/t57-,69+,70+,71+,72+,73+,74-,75+,76+,77-,78-,79+,86-,87-,88-/m0/s1. The summed E-state index contributed by atoms with van der Waals surface area (Å²) in [6.45, 7) is 1.01. The van der Waals surface area contributed by atoms with Gasteiger partial charge in [0.2, 0.25) is 0 Å². The molecule has 0 bridgehead atoms. The zero-order chi connectivity index (χ0) is 74.8. The van der Waals surface area contributed by atoms with Gasteiger partial charge >= 0.3 is 23.9 Å². The van der Waals surface area contributed by atoms with Gasteiger partial charge in [-0.15, -0.1) is 0 Å². The zero-order valence-electron chi connectivity index (χ0n) is 59.3. The minimum Gasteiger partial charge on any atom is -0.459 e. The van der Waals surface area contributed by atoms with Crippen LogP contribution in [0.4, 0.5) is 0 Å². The van der Waals surface area contributed by atoms with Gasteiger partial charge in [0.1, 0.15) is 60.8 Å². The van der Waals surface area contributed by atoms with Gasteiger partial charge in [-0.25, -0.2) is 19.2 Å². The molecule has 0 unspecified atom stereocenters. The van der Waals surface area contributed by atoms with Crippen molar-refractivity contribution < 1.29 is 90.3 Å². The lowest BCUT2D eigenvalue weighted by Crippen LogP contribution is -2.70. The van der Waals surface area contributed by atoms with Gasteiger partial charge in [-0.1, -0.05) is 236 Å². The summed E-state index contributed by atoms with van der Waals surface area (Å²) in [5, 5.41) is 0. The van der Waals surface area contributed by atoms with E-state index < -0.39 is 133 Å². The van der Waals surface area contributed by atoms with Crippen molar-refractivity contribution in [1.82, 2.24) is 4.90 Å². The highest BCUT2D eigenvalue weighted by atomic mass is 32.2. The molecule has 3 fully saturated rings. The molecule has 4 heterocycles. The van der Waals surface area contributed by atoms with E-state index in [2.05, 4.69) is 0 Å². The van der Waals surface area contributed by atoms with Gasteiger partial charge in [-0.3, -0.25) is 14.5 Å². The molecule has 4 aliphatic heterocycles. The quantitative estimate of drug-likeness (QED) is 0.0241. The van der Waals surface area contributed by atoms with Crippen molar-refractivity contribution >= 4 is 47.5 Å². The van der Waals surface area contributed by atoms with E-state index in [1.165, 1.54) is 48.2 Å². The zero-order valence-corrected chi connectivity index (χ0v) is 60.1. The van der Waals surface area contributed by atoms with Gasteiger partial charge in [0.15, 0.2) is 30.9 Å². The topological polar surface area (TPSA) is 226 Å². The van der Waals surface area contributed by atoms with Crippen LogP contribution in [0, 0.1) is 0 Å². The molecular formula is C88H79NO19S. The van der Waals surface area contributed by atoms with Gasteiger partial charge in [0.25, 0.3) is 11.8 Å². The highest BCUT2D eigenvalue weighted by Gasteiger charge is 2.61.